The van der Waals surface area contributed by atoms with Crippen molar-refractivity contribution in [3.8, 4) is 356 Å². The van der Waals surface area contributed by atoms with E-state index in [1.54, 1.807) is 67.2 Å². The zero-order valence-corrected chi connectivity index (χ0v) is 78.2. The molecule has 0 aromatic carbocycles. The maximum atomic E-state index is 11.9. The smallest absolute Gasteiger partial charge is 0.410 e. The van der Waals surface area contributed by atoms with Crippen molar-refractivity contribution in [3.05, 3.63) is 60.7 Å². The molecule has 6 rings (SSSR count). The second-order valence-electron chi connectivity index (χ2n) is 22.4. The van der Waals surface area contributed by atoms with Gasteiger partial charge in [0.25, 0.3) is 0 Å². The van der Waals surface area contributed by atoms with Gasteiger partial charge in [0.15, 0.2) is 0 Å². The zero-order valence-electron chi connectivity index (χ0n) is 66.0. The predicted molar refractivity (Wildman–Crippen MR) is 515 cm³/mol. The maximum Gasteiger partial charge on any atom is 0.410 e. The van der Waals surface area contributed by atoms with Gasteiger partial charge in [-0.3, -0.25) is 0 Å². The summed E-state index contributed by atoms with van der Waals surface area (Å²) in [4.78, 5) is 49.7. The number of likely N-dealkylation sites (tertiary alicyclic amines) is 2. The quantitative estimate of drug-likeness (QED) is 0.123. The van der Waals surface area contributed by atoms with E-state index < -0.39 is 11.2 Å². The topological polar surface area (TPSA) is 187 Å². The minimum Gasteiger partial charge on any atom is -0.459 e. The number of ether oxygens (including phenoxy) is 4. The third-order valence-electron chi connectivity index (χ3n) is 11.1. The Morgan fingerprint density at radius 2 is 0.694 bits per heavy atom. The van der Waals surface area contributed by atoms with Gasteiger partial charge in [0.1, 0.15) is 23.4 Å². The van der Waals surface area contributed by atoms with Crippen molar-refractivity contribution in [1.29, 1.82) is 0 Å². The standard InChI is InChI=1S/C59H4.C13H19N3O3.C9H17NO3.C8H11N3O.C4H3ClN2.H13P11/c1-3-5-7-9-11-13-15-17-19-21-23-25-27-29-31-33-35-37-39-41-43-45-47-49-51-53-55-57-59-58-56-54-52-50-48-46-44-42-40-38-36-34-32-30-28-26-24-22-20-18-16-14-12-10-8-6-4-2;1-13(2,3)19-12(17)16-8-5-10(9-16)18-11-14-6-4-7-15-11;1-9(2,3)13-8(12)10-5-4-7(11)6-10;1-3-10-8(11-4-1)12-7-2-5-9-6-7;5-4-6-2-1-3-7-4;1-7-10(6)11(8(2)3)9(4)5/h1H,2H3;4,6-7,10H,5,8-9H2,1-3H3;7,11H,4-6H2,1-3H3;1,3-4,7,9H,2,5-6H2;1-3H;7H,1-6H2/t;10-;2*7-;;/m.000../s1. The van der Waals surface area contributed by atoms with Gasteiger partial charge in [-0.05, 0) is 220 Å². The van der Waals surface area contributed by atoms with Gasteiger partial charge in [0.05, 0.1) is 12.6 Å². The molecule has 2 N–H and O–H groups in total. The van der Waals surface area contributed by atoms with Crippen LogP contribution in [0.2, 0.25) is 5.28 Å². The number of rotatable bonds is 8. The molecular formula is C93H67ClN9O7P11. The molecule has 588 valence electrons. The van der Waals surface area contributed by atoms with E-state index in [-0.39, 0.29) is 58.4 Å². The number of carbonyl (C=O) groups excluding carboxylic acids is 2. The van der Waals surface area contributed by atoms with Gasteiger partial charge in [-0.25, -0.2) is 39.5 Å². The van der Waals surface area contributed by atoms with E-state index in [1.807, 2.05) is 41.5 Å². The summed E-state index contributed by atoms with van der Waals surface area (Å²) in [5.74, 6) is 142. The first-order valence-electron chi connectivity index (χ1n) is 34.0. The number of aliphatic hydroxyl groups is 1. The van der Waals surface area contributed by atoms with Crippen LogP contribution in [0.3, 0.4) is 0 Å². The molecule has 3 aliphatic heterocycles. The second kappa shape index (κ2) is 73.9. The van der Waals surface area contributed by atoms with Crippen molar-refractivity contribution < 1.29 is 33.6 Å². The summed E-state index contributed by atoms with van der Waals surface area (Å²) < 4.78 is 21.6. The molecule has 0 bridgehead atoms. The molecule has 121 heavy (non-hydrogen) atoms. The number of nitrogens with one attached hydrogen (secondary N) is 1. The maximum absolute atomic E-state index is 11.9. The average molecular weight is 1800 g/mol. The molecule has 11 atom stereocenters. The summed E-state index contributed by atoms with van der Waals surface area (Å²) >= 11 is 5.32. The van der Waals surface area contributed by atoms with E-state index in [2.05, 4.69) is 426 Å². The first kappa shape index (κ1) is 107. The SMILES string of the molecule is C#CC#CC#CC#CC#CC#CC#CC#CC#CC#CC#CC#CC#CC#CC#CC#CC#CC#CC#CC#CC#CC#CC#CC#CC#CC#CC#CC#CC#CC.CC(C)(C)OC(=O)N1CC[C@H](O)C1.CC(C)(C)OC(=O)N1CC[C@H](Oc2ncccn2)C1.Clc1ncccn1.PPP(P)P(P(P)P)P(P)P.c1cnc(O[C@H]2CCNC2)nc1. The minimum absolute atomic E-state index is 0.0741. The highest BCUT2D eigenvalue weighted by Crippen LogP contribution is 3.12. The molecule has 6 heterocycles. The molecule has 0 spiro atoms. The van der Waals surface area contributed by atoms with Crippen LogP contribution in [0.5, 0.6) is 12.0 Å². The summed E-state index contributed by atoms with van der Waals surface area (Å²) in [6, 6.07) is 6.05. The molecule has 2 amide bonds. The van der Waals surface area contributed by atoms with Crippen LogP contribution < -0.4 is 14.8 Å². The van der Waals surface area contributed by atoms with E-state index in [4.69, 9.17) is 37.0 Å². The fourth-order valence-electron chi connectivity index (χ4n) is 6.70. The Balaban J connectivity index is 0.000000922. The van der Waals surface area contributed by atoms with Crippen LogP contribution in [0, 0.1) is 344 Å². The lowest BCUT2D eigenvalue weighted by Gasteiger charge is -2.29. The van der Waals surface area contributed by atoms with E-state index in [9.17, 15) is 14.7 Å². The number of terminal acetylenes is 1. The molecule has 0 radical (unpaired) electrons. The van der Waals surface area contributed by atoms with E-state index in [1.165, 1.54) is 4.90 Å². The predicted octanol–water partition coefficient (Wildman–Crippen LogP) is 10.9. The Morgan fingerprint density at radius 1 is 0.430 bits per heavy atom. The molecule has 3 aromatic rings. The van der Waals surface area contributed by atoms with E-state index in [0.717, 1.165) is 33.9 Å². The molecule has 0 saturated carbocycles. The van der Waals surface area contributed by atoms with Gasteiger partial charge in [0.2, 0.25) is 5.28 Å². The van der Waals surface area contributed by atoms with Crippen LogP contribution in [-0.2, 0) is 9.47 Å². The van der Waals surface area contributed by atoms with E-state index in [0.29, 0.717) is 49.9 Å². The van der Waals surface area contributed by atoms with Gasteiger partial charge in [0, 0.05) is 307 Å². The first-order valence-corrected chi connectivity index (χ1v) is 53.6. The Labute approximate surface area is 739 Å². The van der Waals surface area contributed by atoms with Gasteiger partial charge in [-0.1, -0.05) is 13.9 Å². The number of aromatic nitrogens is 6. The lowest BCUT2D eigenvalue weighted by molar-refractivity contribution is 0.0262. The summed E-state index contributed by atoms with van der Waals surface area (Å²) in [5.41, 5.74) is -0.927. The van der Waals surface area contributed by atoms with E-state index >= 15 is 0 Å². The molecule has 16 nitrogen and oxygen atoms in total. The molecule has 3 aliphatic rings. The Hall–Kier alpha value is -12.4. The van der Waals surface area contributed by atoms with Crippen molar-refractivity contribution in [2.45, 2.75) is 97.2 Å². The average Bonchev–Trinajstić information content (AvgIpc) is 1.75. The van der Waals surface area contributed by atoms with Crippen LogP contribution in [0.15, 0.2) is 55.4 Å². The number of halogens is 1. The number of carbonyl (C=O) groups is 2. The third kappa shape index (κ3) is 68.2. The molecular weight excluding hydrogens is 1730 g/mol. The molecule has 3 aromatic heterocycles. The van der Waals surface area contributed by atoms with Gasteiger partial charge in [-0.2, -0.15) is 0 Å². The van der Waals surface area contributed by atoms with Gasteiger partial charge >= 0.3 is 24.2 Å². The molecule has 8 unspecified atom stereocenters. The van der Waals surface area contributed by atoms with Crippen molar-refractivity contribution in [2.24, 2.45) is 0 Å². The largest absolute Gasteiger partial charge is 0.459 e. The summed E-state index contributed by atoms with van der Waals surface area (Å²) in [6.45, 7) is 17.6. The normalized spacial score (nSPS) is 11.7. The fourth-order valence-corrected chi connectivity index (χ4v) is 102. The molecule has 28 heteroatoms. The van der Waals surface area contributed by atoms with Crippen LogP contribution in [0.1, 0.15) is 67.7 Å². The number of hydrogen-bond donors (Lipinski definition) is 2. The minimum atomic E-state index is -0.474. The van der Waals surface area contributed by atoms with Gasteiger partial charge < -0.3 is 39.2 Å². The van der Waals surface area contributed by atoms with Crippen LogP contribution in [0.4, 0.5) is 9.59 Å². The van der Waals surface area contributed by atoms with Gasteiger partial charge in [-0.15, -0.1) is 60.0 Å². The highest BCUT2D eigenvalue weighted by atomic mass is 35.5. The summed E-state index contributed by atoms with van der Waals surface area (Å²) in [6.07, 6.45) is 16.4. The Kier molecular flexibility index (Phi) is 65.1. The number of amides is 2. The molecule has 3 fully saturated rings. The van der Waals surface area contributed by atoms with Crippen molar-refractivity contribution in [2.75, 3.05) is 39.3 Å². The van der Waals surface area contributed by atoms with Crippen LogP contribution in [-0.4, -0.2) is 126 Å². The first-order chi connectivity index (χ1) is 58.6. The summed E-state index contributed by atoms with van der Waals surface area (Å²) in [7, 11) is 18.9. The monoisotopic (exact) mass is 1800 g/mol. The fraction of sp³-hybridized carbons (Fsp3) is 0.226. The highest BCUT2D eigenvalue weighted by molar-refractivity contribution is 9.18. The van der Waals surface area contributed by atoms with Crippen molar-refractivity contribution in [1.82, 2.24) is 45.0 Å². The molecule has 3 saturated heterocycles. The Bertz CT molecular complexity index is 6120. The lowest BCUT2D eigenvalue weighted by atomic mass is 10.2. The Morgan fingerprint density at radius 3 is 0.909 bits per heavy atom. The number of nitrogens with zero attached hydrogens (tertiary/aromatic N) is 8. The van der Waals surface area contributed by atoms with Crippen LogP contribution in [0.25, 0.3) is 0 Å². The van der Waals surface area contributed by atoms with Crippen LogP contribution >= 0.6 is 101 Å². The number of β-amino-alcohol motifs (C(OH)–C–C–N with tert-alkyl or cyclic N) is 1. The van der Waals surface area contributed by atoms with Crippen molar-refractivity contribution >= 4 is 113 Å². The second-order valence-corrected chi connectivity index (χ2v) is 61.8. The lowest BCUT2D eigenvalue weighted by Crippen LogP contribution is -2.36. The molecule has 0 aliphatic carbocycles. The van der Waals surface area contributed by atoms with Crippen molar-refractivity contribution in [3.63, 3.8) is 0 Å². The number of aliphatic hydroxyl groups excluding tert-OH is 1. The highest BCUT2D eigenvalue weighted by Gasteiger charge is 2.32. The zero-order chi connectivity index (χ0) is 88.6. The third-order valence-corrected chi connectivity index (χ3v) is 70.3. The summed E-state index contributed by atoms with van der Waals surface area (Å²) in [5, 5.41) is 12.7. The number of hydrogen-bond acceptors (Lipinski definition) is 14.